The Hall–Kier alpha value is -1.13. The van der Waals surface area contributed by atoms with Gasteiger partial charge >= 0.3 is 0 Å². The second kappa shape index (κ2) is 4.39. The van der Waals surface area contributed by atoms with E-state index in [2.05, 4.69) is 9.88 Å². The minimum atomic E-state index is -0.579. The first-order valence-corrected chi connectivity index (χ1v) is 5.73. The lowest BCUT2D eigenvalue weighted by atomic mass is 9.95. The monoisotopic (exact) mass is 221 g/mol. The number of piperidine rings is 1. The third kappa shape index (κ3) is 2.51. The Balaban J connectivity index is 2.11. The largest absolute Gasteiger partial charge is 0.388 e. The maximum atomic E-state index is 10.0. The molecule has 4 heteroatoms. The van der Waals surface area contributed by atoms with E-state index in [4.69, 9.17) is 5.73 Å². The van der Waals surface area contributed by atoms with Gasteiger partial charge in [-0.3, -0.25) is 4.98 Å². The van der Waals surface area contributed by atoms with E-state index in [0.717, 1.165) is 30.8 Å². The molecule has 1 atom stereocenters. The summed E-state index contributed by atoms with van der Waals surface area (Å²) in [5.74, 6) is 0. The molecule has 1 aromatic heterocycles. The first-order chi connectivity index (χ1) is 7.61. The molecule has 0 radical (unpaired) electrons. The normalized spacial score (nSPS) is 25.8. The molecule has 88 valence electrons. The van der Waals surface area contributed by atoms with Crippen molar-refractivity contribution in [2.45, 2.75) is 31.9 Å². The van der Waals surface area contributed by atoms with Crippen molar-refractivity contribution in [1.29, 1.82) is 0 Å². The van der Waals surface area contributed by atoms with Gasteiger partial charge in [0.1, 0.15) is 0 Å². The highest BCUT2D eigenvalue weighted by Crippen LogP contribution is 2.25. The number of nitrogens with two attached hydrogens (primary N) is 1. The number of rotatable bonds is 2. The number of nitrogens with zero attached hydrogens (tertiary/aromatic N) is 2. The van der Waals surface area contributed by atoms with Crippen molar-refractivity contribution in [3.8, 4) is 0 Å². The van der Waals surface area contributed by atoms with E-state index in [9.17, 15) is 5.11 Å². The molecule has 0 bridgehead atoms. The molecule has 4 nitrogen and oxygen atoms in total. The van der Waals surface area contributed by atoms with E-state index < -0.39 is 5.60 Å². The van der Waals surface area contributed by atoms with E-state index in [1.807, 2.05) is 25.3 Å². The van der Waals surface area contributed by atoms with Crippen LogP contribution in [0.15, 0.2) is 18.3 Å². The Labute approximate surface area is 96.1 Å². The third-order valence-corrected chi connectivity index (χ3v) is 3.06. The zero-order valence-corrected chi connectivity index (χ0v) is 9.69. The van der Waals surface area contributed by atoms with Gasteiger partial charge in [-0.15, -0.1) is 0 Å². The number of aliphatic hydroxyl groups is 1. The van der Waals surface area contributed by atoms with Crippen molar-refractivity contribution in [2.75, 3.05) is 18.0 Å². The molecule has 0 amide bonds. The zero-order valence-electron chi connectivity index (χ0n) is 9.69. The zero-order chi connectivity index (χ0) is 11.6. The molecule has 2 rings (SSSR count). The molecule has 0 aliphatic carbocycles. The van der Waals surface area contributed by atoms with Crippen LogP contribution in [0.5, 0.6) is 0 Å². The fourth-order valence-electron chi connectivity index (χ4n) is 2.16. The lowest BCUT2D eigenvalue weighted by Crippen LogP contribution is -2.46. The molecule has 1 saturated heterocycles. The molecule has 16 heavy (non-hydrogen) atoms. The molecule has 1 aliphatic heterocycles. The first kappa shape index (κ1) is 11.4. The number of pyridine rings is 1. The average molecular weight is 221 g/mol. The van der Waals surface area contributed by atoms with Crippen molar-refractivity contribution in [1.82, 2.24) is 4.98 Å². The van der Waals surface area contributed by atoms with Gasteiger partial charge in [-0.25, -0.2) is 0 Å². The summed E-state index contributed by atoms with van der Waals surface area (Å²) in [4.78, 5) is 6.45. The van der Waals surface area contributed by atoms with E-state index in [-0.39, 0.29) is 0 Å². The fourth-order valence-corrected chi connectivity index (χ4v) is 2.16. The Kier molecular flexibility index (Phi) is 3.12. The summed E-state index contributed by atoms with van der Waals surface area (Å²) >= 11 is 0. The van der Waals surface area contributed by atoms with Crippen molar-refractivity contribution < 1.29 is 5.11 Å². The second-order valence-electron chi connectivity index (χ2n) is 4.73. The molecule has 0 saturated carbocycles. The lowest BCUT2D eigenvalue weighted by Gasteiger charge is -2.38. The number of aromatic nitrogens is 1. The van der Waals surface area contributed by atoms with Gasteiger partial charge in [0.25, 0.3) is 0 Å². The molecule has 2 heterocycles. The van der Waals surface area contributed by atoms with Crippen LogP contribution in [0, 0.1) is 0 Å². The molecule has 1 aliphatic rings. The van der Waals surface area contributed by atoms with Gasteiger partial charge in [-0.2, -0.15) is 0 Å². The Morgan fingerprint density at radius 3 is 2.94 bits per heavy atom. The Morgan fingerprint density at radius 1 is 1.56 bits per heavy atom. The molecule has 3 N–H and O–H groups in total. The van der Waals surface area contributed by atoms with Gasteiger partial charge in [-0.05, 0) is 31.9 Å². The quantitative estimate of drug-likeness (QED) is 0.778. The standard InChI is InChI=1S/C12H19N3O/c1-12(16)5-2-6-15(9-12)11-4-3-10(7-13)14-8-11/h3-4,8,16H,2,5-7,9,13H2,1H3. The summed E-state index contributed by atoms with van der Waals surface area (Å²) < 4.78 is 0. The van der Waals surface area contributed by atoms with Crippen molar-refractivity contribution >= 4 is 5.69 Å². The van der Waals surface area contributed by atoms with Gasteiger partial charge < -0.3 is 15.7 Å². The number of anilines is 1. The lowest BCUT2D eigenvalue weighted by molar-refractivity contribution is 0.0449. The Bertz CT molecular complexity index is 348. The smallest absolute Gasteiger partial charge is 0.0794 e. The van der Waals surface area contributed by atoms with Gasteiger partial charge in [-0.1, -0.05) is 0 Å². The van der Waals surface area contributed by atoms with Crippen molar-refractivity contribution in [2.24, 2.45) is 5.73 Å². The molecular weight excluding hydrogens is 202 g/mol. The highest BCUT2D eigenvalue weighted by molar-refractivity contribution is 5.45. The predicted octanol–water partition coefficient (Wildman–Crippen LogP) is 0.891. The van der Waals surface area contributed by atoms with Crippen LogP contribution in [-0.2, 0) is 6.54 Å². The van der Waals surface area contributed by atoms with E-state index >= 15 is 0 Å². The van der Waals surface area contributed by atoms with Crippen LogP contribution in [0.1, 0.15) is 25.5 Å². The molecule has 1 fully saturated rings. The molecule has 0 aromatic carbocycles. The van der Waals surface area contributed by atoms with Gasteiger partial charge in [0.15, 0.2) is 0 Å². The molecule has 1 aromatic rings. The predicted molar refractivity (Wildman–Crippen MR) is 64.2 cm³/mol. The summed E-state index contributed by atoms with van der Waals surface area (Å²) in [5.41, 5.74) is 6.89. The van der Waals surface area contributed by atoms with Crippen LogP contribution in [0.4, 0.5) is 5.69 Å². The minimum absolute atomic E-state index is 0.470. The number of β-amino-alcohol motifs (C(OH)–C–C–N with tert-alkyl or cyclic N) is 1. The van der Waals surface area contributed by atoms with E-state index in [0.29, 0.717) is 13.1 Å². The topological polar surface area (TPSA) is 62.4 Å². The summed E-state index contributed by atoms with van der Waals surface area (Å²) in [7, 11) is 0. The maximum Gasteiger partial charge on any atom is 0.0794 e. The van der Waals surface area contributed by atoms with Gasteiger partial charge in [0, 0.05) is 19.6 Å². The third-order valence-electron chi connectivity index (χ3n) is 3.06. The Morgan fingerprint density at radius 2 is 2.38 bits per heavy atom. The van der Waals surface area contributed by atoms with Crippen LogP contribution in [0.3, 0.4) is 0 Å². The van der Waals surface area contributed by atoms with Crippen LogP contribution >= 0.6 is 0 Å². The number of hydrogen-bond acceptors (Lipinski definition) is 4. The van der Waals surface area contributed by atoms with Crippen LogP contribution in [0.2, 0.25) is 0 Å². The molecular formula is C12H19N3O. The van der Waals surface area contributed by atoms with Crippen molar-refractivity contribution in [3.63, 3.8) is 0 Å². The van der Waals surface area contributed by atoms with E-state index in [1.165, 1.54) is 0 Å². The van der Waals surface area contributed by atoms with Crippen LogP contribution in [-0.4, -0.2) is 28.8 Å². The van der Waals surface area contributed by atoms with E-state index in [1.54, 1.807) is 0 Å². The summed E-state index contributed by atoms with van der Waals surface area (Å²) in [6, 6.07) is 3.97. The molecule has 0 spiro atoms. The summed E-state index contributed by atoms with van der Waals surface area (Å²) in [5, 5.41) is 10.0. The average Bonchev–Trinajstić information content (AvgIpc) is 2.28. The summed E-state index contributed by atoms with van der Waals surface area (Å²) in [6.45, 7) is 4.02. The van der Waals surface area contributed by atoms with Gasteiger partial charge in [0.2, 0.25) is 0 Å². The highest BCUT2D eigenvalue weighted by atomic mass is 16.3. The summed E-state index contributed by atoms with van der Waals surface area (Å²) in [6.07, 6.45) is 3.73. The minimum Gasteiger partial charge on any atom is -0.388 e. The SMILES string of the molecule is CC1(O)CCCN(c2ccc(CN)nc2)C1. The molecule has 1 unspecified atom stereocenters. The highest BCUT2D eigenvalue weighted by Gasteiger charge is 2.28. The van der Waals surface area contributed by atoms with Gasteiger partial charge in [0.05, 0.1) is 23.2 Å². The van der Waals surface area contributed by atoms with Crippen LogP contribution in [0.25, 0.3) is 0 Å². The fraction of sp³-hybridized carbons (Fsp3) is 0.583. The first-order valence-electron chi connectivity index (χ1n) is 5.73. The maximum absolute atomic E-state index is 10.0. The van der Waals surface area contributed by atoms with Crippen molar-refractivity contribution in [3.05, 3.63) is 24.0 Å². The van der Waals surface area contributed by atoms with Crippen LogP contribution < -0.4 is 10.6 Å². The second-order valence-corrected chi connectivity index (χ2v) is 4.73. The number of hydrogen-bond donors (Lipinski definition) is 2.